The van der Waals surface area contributed by atoms with Crippen molar-refractivity contribution in [2.75, 3.05) is 5.73 Å². The minimum atomic E-state index is -0.359. The Labute approximate surface area is 202 Å². The number of nitrogen functional groups attached to an aromatic ring is 1. The van der Waals surface area contributed by atoms with Crippen LogP contribution in [0.4, 0.5) is 5.69 Å². The van der Waals surface area contributed by atoms with Crippen molar-refractivity contribution in [3.05, 3.63) is 119 Å². The second-order valence-corrected chi connectivity index (χ2v) is 9.49. The number of allylic oxidation sites excluding steroid dienone is 4. The fourth-order valence-electron chi connectivity index (χ4n) is 4.01. The summed E-state index contributed by atoms with van der Waals surface area (Å²) in [7, 11) is 0. The van der Waals surface area contributed by atoms with Gasteiger partial charge in [0.1, 0.15) is 5.75 Å². The molecule has 0 spiro atoms. The highest BCUT2D eigenvalue weighted by atomic mass is 16.3. The van der Waals surface area contributed by atoms with Crippen LogP contribution < -0.4 is 5.73 Å². The smallest absolute Gasteiger partial charge is 0.142 e. The Kier molecular flexibility index (Phi) is 7.21. The second-order valence-electron chi connectivity index (χ2n) is 9.49. The number of rotatable bonds is 4. The molecule has 174 valence electrons. The highest BCUT2D eigenvalue weighted by Crippen LogP contribution is 2.43. The molecule has 0 atom stereocenters. The Hall–Kier alpha value is -3.92. The predicted molar refractivity (Wildman–Crippen MR) is 143 cm³/mol. The van der Waals surface area contributed by atoms with E-state index in [-0.39, 0.29) is 28.0 Å². The summed E-state index contributed by atoms with van der Waals surface area (Å²) >= 11 is 0. The molecule has 0 amide bonds. The van der Waals surface area contributed by atoms with Gasteiger partial charge in [-0.05, 0) is 34.9 Å². The van der Waals surface area contributed by atoms with Crippen LogP contribution in [0.25, 0.3) is 0 Å². The minimum Gasteiger partial charge on any atom is -0.505 e. The summed E-state index contributed by atoms with van der Waals surface area (Å²) in [6.45, 7) is 8.62. The number of benzene rings is 3. The van der Waals surface area contributed by atoms with E-state index >= 15 is 0 Å². The molecule has 0 heterocycles. The zero-order valence-corrected chi connectivity index (χ0v) is 20.3. The van der Waals surface area contributed by atoms with E-state index in [1.54, 1.807) is 24.3 Å². The van der Waals surface area contributed by atoms with Gasteiger partial charge in [0.15, 0.2) is 0 Å². The van der Waals surface area contributed by atoms with Gasteiger partial charge in [0, 0.05) is 16.4 Å². The largest absolute Gasteiger partial charge is 0.505 e. The fourth-order valence-corrected chi connectivity index (χ4v) is 4.01. The summed E-state index contributed by atoms with van der Waals surface area (Å²) in [5.41, 5.74) is 10.9. The molecule has 34 heavy (non-hydrogen) atoms. The maximum absolute atomic E-state index is 10.7. The monoisotopic (exact) mass is 451 g/mol. The van der Waals surface area contributed by atoms with Crippen LogP contribution in [0.2, 0.25) is 0 Å². The second kappa shape index (κ2) is 9.92. The molecule has 0 radical (unpaired) electrons. The van der Waals surface area contributed by atoms with Crippen LogP contribution in [-0.2, 0) is 10.8 Å². The number of phenols is 1. The molecule has 1 aliphatic carbocycles. The Balaban J connectivity index is 0.000000343. The number of aromatic hydroxyl groups is 1. The van der Waals surface area contributed by atoms with E-state index < -0.39 is 0 Å². The average Bonchev–Trinajstić information content (AvgIpc) is 2.84. The standard InChI is InChI=1S/C24H27NO.C6H6N2/c1-23(2,17-11-7-5-8-12-17)19-15-20(22(26)21(25)16-19)24(3,4)18-13-9-6-10-14-18;7-5-3-1-2-4-6(5)8/h5-16,26H,25H2,1-4H3;1-4,7-8H. The van der Waals surface area contributed by atoms with Crippen LogP contribution >= 0.6 is 0 Å². The number of hydrogen-bond donors (Lipinski definition) is 4. The molecule has 4 nitrogen and oxygen atoms in total. The normalized spacial score (nSPS) is 13.4. The minimum absolute atomic E-state index is 0.173. The topological polar surface area (TPSA) is 93.9 Å². The molecule has 0 fully saturated rings. The van der Waals surface area contributed by atoms with Crippen LogP contribution in [0.5, 0.6) is 5.75 Å². The Bertz CT molecular complexity index is 1210. The van der Waals surface area contributed by atoms with Crippen molar-refractivity contribution in [3.8, 4) is 5.75 Å². The molecule has 0 saturated heterocycles. The summed E-state index contributed by atoms with van der Waals surface area (Å²) in [5, 5.41) is 24.8. The van der Waals surface area contributed by atoms with E-state index in [1.165, 1.54) is 5.56 Å². The van der Waals surface area contributed by atoms with E-state index in [1.807, 2.05) is 30.3 Å². The van der Waals surface area contributed by atoms with Crippen molar-refractivity contribution in [2.45, 2.75) is 38.5 Å². The maximum atomic E-state index is 10.7. The number of nitrogens with one attached hydrogen (secondary N) is 2. The van der Waals surface area contributed by atoms with Crippen LogP contribution in [0.3, 0.4) is 0 Å². The lowest BCUT2D eigenvalue weighted by atomic mass is 9.72. The number of hydrogen-bond acceptors (Lipinski definition) is 4. The molecule has 5 N–H and O–H groups in total. The van der Waals surface area contributed by atoms with Crippen molar-refractivity contribution in [2.24, 2.45) is 0 Å². The molecule has 0 unspecified atom stereocenters. The molecule has 4 heteroatoms. The molecule has 3 aromatic rings. The van der Waals surface area contributed by atoms with Gasteiger partial charge >= 0.3 is 0 Å². The molecule has 0 bridgehead atoms. The van der Waals surface area contributed by atoms with Gasteiger partial charge in [0.05, 0.1) is 17.1 Å². The van der Waals surface area contributed by atoms with Gasteiger partial charge in [0.2, 0.25) is 0 Å². The molecule has 0 saturated carbocycles. The van der Waals surface area contributed by atoms with E-state index in [0.29, 0.717) is 5.69 Å². The van der Waals surface area contributed by atoms with Gasteiger partial charge < -0.3 is 10.8 Å². The maximum Gasteiger partial charge on any atom is 0.142 e. The lowest BCUT2D eigenvalue weighted by Gasteiger charge is -2.32. The highest BCUT2D eigenvalue weighted by molar-refractivity contribution is 6.48. The third-order valence-corrected chi connectivity index (χ3v) is 6.45. The van der Waals surface area contributed by atoms with Crippen molar-refractivity contribution in [1.82, 2.24) is 0 Å². The molecule has 1 aliphatic rings. The Morgan fingerprint density at radius 3 is 1.53 bits per heavy atom. The Morgan fingerprint density at radius 2 is 1.09 bits per heavy atom. The highest BCUT2D eigenvalue weighted by Gasteiger charge is 2.31. The first-order valence-corrected chi connectivity index (χ1v) is 11.3. The summed E-state index contributed by atoms with van der Waals surface area (Å²) in [6.07, 6.45) is 6.70. The van der Waals surface area contributed by atoms with E-state index in [0.717, 1.165) is 16.7 Å². The van der Waals surface area contributed by atoms with Gasteiger partial charge in [-0.3, -0.25) is 10.8 Å². The van der Waals surface area contributed by atoms with Gasteiger partial charge in [0.25, 0.3) is 0 Å². The quantitative estimate of drug-likeness (QED) is 0.200. The number of anilines is 1. The predicted octanol–water partition coefficient (Wildman–Crippen LogP) is 6.78. The lowest BCUT2D eigenvalue weighted by molar-refractivity contribution is 0.454. The molecular weight excluding hydrogens is 418 g/mol. The summed E-state index contributed by atoms with van der Waals surface area (Å²) in [5.74, 6) is 0.173. The van der Waals surface area contributed by atoms with Crippen molar-refractivity contribution in [1.29, 1.82) is 10.8 Å². The van der Waals surface area contributed by atoms with Crippen molar-refractivity contribution < 1.29 is 5.11 Å². The molecule has 4 rings (SSSR count). The van der Waals surface area contributed by atoms with Crippen molar-refractivity contribution >= 4 is 17.1 Å². The van der Waals surface area contributed by atoms with Gasteiger partial charge in [-0.2, -0.15) is 0 Å². The average molecular weight is 452 g/mol. The van der Waals surface area contributed by atoms with Gasteiger partial charge in [-0.25, -0.2) is 0 Å². The molecule has 0 aromatic heterocycles. The number of nitrogens with two attached hydrogens (primary N) is 1. The van der Waals surface area contributed by atoms with E-state index in [9.17, 15) is 5.11 Å². The van der Waals surface area contributed by atoms with Gasteiger partial charge in [-0.15, -0.1) is 0 Å². The van der Waals surface area contributed by atoms with Crippen molar-refractivity contribution in [3.63, 3.8) is 0 Å². The fraction of sp³-hybridized carbons (Fsp3) is 0.200. The van der Waals surface area contributed by atoms with Gasteiger partial charge in [-0.1, -0.05) is 107 Å². The first-order valence-electron chi connectivity index (χ1n) is 11.3. The summed E-state index contributed by atoms with van der Waals surface area (Å²) in [6, 6.07) is 24.6. The van der Waals surface area contributed by atoms with E-state index in [2.05, 4.69) is 70.2 Å². The Morgan fingerprint density at radius 1 is 0.647 bits per heavy atom. The molecule has 0 aliphatic heterocycles. The third-order valence-electron chi connectivity index (χ3n) is 6.45. The van der Waals surface area contributed by atoms with Crippen LogP contribution in [0, 0.1) is 10.8 Å². The third kappa shape index (κ3) is 5.18. The molecule has 3 aromatic carbocycles. The van der Waals surface area contributed by atoms with Crippen LogP contribution in [0.1, 0.15) is 49.9 Å². The SMILES string of the molecule is CC(C)(c1ccccc1)c1cc(N)c(O)c(C(C)(C)c2ccccc2)c1.N=C1C=CC=CC1=N. The van der Waals surface area contributed by atoms with Crippen LogP contribution in [0.15, 0.2) is 97.1 Å². The van der Waals surface area contributed by atoms with E-state index in [4.69, 9.17) is 16.6 Å². The zero-order chi connectivity index (χ0) is 24.9. The summed E-state index contributed by atoms with van der Waals surface area (Å²) < 4.78 is 0. The lowest BCUT2D eigenvalue weighted by Crippen LogP contribution is -2.23. The molecular formula is C30H33N3O. The van der Waals surface area contributed by atoms with Crippen LogP contribution in [-0.4, -0.2) is 16.5 Å². The first-order chi connectivity index (χ1) is 16.0. The first kappa shape index (κ1) is 24.7. The zero-order valence-electron chi connectivity index (χ0n) is 20.3. The summed E-state index contributed by atoms with van der Waals surface area (Å²) in [4.78, 5) is 0. The number of phenolic OH excluding ortho intramolecular Hbond substituents is 1.